The van der Waals surface area contributed by atoms with Crippen LogP contribution in [0.15, 0.2) is 60.9 Å². The number of esters is 1. The van der Waals surface area contributed by atoms with E-state index < -0.39 is 34.7 Å². The van der Waals surface area contributed by atoms with Crippen LogP contribution in [0.2, 0.25) is 10.0 Å². The Morgan fingerprint density at radius 3 is 2.42 bits per heavy atom. The Hall–Kier alpha value is -2.99. The third-order valence-corrected chi connectivity index (χ3v) is 9.92. The highest BCUT2D eigenvalue weighted by atomic mass is 35.5. The predicted octanol–water partition coefficient (Wildman–Crippen LogP) is 6.02. The average molecular weight is 657 g/mol. The molecule has 2 aromatic carbocycles. The summed E-state index contributed by atoms with van der Waals surface area (Å²) in [6, 6.07) is 12.0. The van der Waals surface area contributed by atoms with Crippen LogP contribution in [0.5, 0.6) is 11.5 Å². The van der Waals surface area contributed by atoms with E-state index in [9.17, 15) is 22.0 Å². The molecular weight excluding hydrogens is 625 g/mol. The molecule has 0 spiro atoms. The molecule has 1 aliphatic carbocycles. The zero-order valence-electron chi connectivity index (χ0n) is 23.1. The van der Waals surface area contributed by atoms with Gasteiger partial charge in [-0.3, -0.25) is 4.79 Å². The number of ether oxygens (including phenoxy) is 3. The molecule has 1 aliphatic heterocycles. The van der Waals surface area contributed by atoms with Crippen molar-refractivity contribution in [2.24, 2.45) is 5.92 Å². The largest absolute Gasteiger partial charge is 0.489 e. The molecule has 2 heterocycles. The van der Waals surface area contributed by atoms with Crippen LogP contribution >= 0.6 is 23.2 Å². The highest BCUT2D eigenvalue weighted by Crippen LogP contribution is 2.38. The van der Waals surface area contributed by atoms with Gasteiger partial charge in [0, 0.05) is 18.5 Å². The minimum absolute atomic E-state index is 0.0265. The molecular formula is C30H31Cl2F2N2O6S+. The molecule has 8 nitrogen and oxygen atoms in total. The van der Waals surface area contributed by atoms with Crippen molar-refractivity contribution in [1.29, 1.82) is 0 Å². The topological polar surface area (TPSA) is 96.3 Å². The third-order valence-electron chi connectivity index (χ3n) is 7.40. The maximum Gasteiger partial charge on any atom is 0.387 e. The van der Waals surface area contributed by atoms with Gasteiger partial charge in [-0.2, -0.15) is 13.1 Å². The lowest BCUT2D eigenvalue weighted by Crippen LogP contribution is -2.42. The summed E-state index contributed by atoms with van der Waals surface area (Å²) < 4.78 is 70.6. The maximum atomic E-state index is 13.7. The van der Waals surface area contributed by atoms with E-state index in [1.807, 2.05) is 0 Å². The van der Waals surface area contributed by atoms with E-state index in [4.69, 9.17) is 32.7 Å². The van der Waals surface area contributed by atoms with Crippen molar-refractivity contribution in [1.82, 2.24) is 4.31 Å². The fourth-order valence-electron chi connectivity index (χ4n) is 5.00. The van der Waals surface area contributed by atoms with Gasteiger partial charge >= 0.3 is 12.6 Å². The van der Waals surface area contributed by atoms with Crippen LogP contribution in [0.4, 0.5) is 8.78 Å². The van der Waals surface area contributed by atoms with Gasteiger partial charge in [0.1, 0.15) is 22.2 Å². The number of nitrogens with one attached hydrogen (secondary N) is 1. The Bertz CT molecular complexity index is 1520. The standard InChI is InChI=1S/C30H30Cl2F2N2O6S/c31-23-15-35-16-24(32)22(23)14-27(21-10-11-26(42-30(33)34)28(13-21)40-17-19-8-9-19)41-29(37)25-7-4-12-36(25)43(38,39)18-20-5-2-1-3-6-20/h1-3,5-6,10-11,13,15-16,19,25,27,30H,4,7-9,12,14,17-18H2/p+1/t25-,27-/m0/s1. The maximum absolute atomic E-state index is 13.7. The minimum Gasteiger partial charge on any atom is -0.489 e. The van der Waals surface area contributed by atoms with Crippen LogP contribution in [0.1, 0.15) is 48.5 Å². The number of carbonyl (C=O) groups is 1. The molecule has 0 radical (unpaired) electrons. The number of alkyl halides is 2. The van der Waals surface area contributed by atoms with Gasteiger partial charge in [-0.1, -0.05) is 59.6 Å². The van der Waals surface area contributed by atoms with Crippen molar-refractivity contribution in [3.05, 3.63) is 87.7 Å². The molecule has 1 N–H and O–H groups in total. The van der Waals surface area contributed by atoms with Gasteiger partial charge in [0.05, 0.1) is 12.4 Å². The Morgan fingerprint density at radius 2 is 1.74 bits per heavy atom. The first-order valence-corrected chi connectivity index (χ1v) is 16.3. The van der Waals surface area contributed by atoms with Gasteiger partial charge < -0.3 is 14.2 Å². The summed E-state index contributed by atoms with van der Waals surface area (Å²) >= 11 is 12.8. The van der Waals surface area contributed by atoms with Crippen LogP contribution < -0.4 is 14.5 Å². The first-order chi connectivity index (χ1) is 20.6. The number of aromatic amines is 1. The average Bonchev–Trinajstić information content (AvgIpc) is 3.65. The van der Waals surface area contributed by atoms with Gasteiger partial charge in [0.15, 0.2) is 23.9 Å². The zero-order chi connectivity index (χ0) is 30.6. The molecule has 5 rings (SSSR count). The molecule has 0 bridgehead atoms. The smallest absolute Gasteiger partial charge is 0.387 e. The van der Waals surface area contributed by atoms with Crippen molar-refractivity contribution < 1.29 is 41.2 Å². The summed E-state index contributed by atoms with van der Waals surface area (Å²) in [7, 11) is -3.83. The van der Waals surface area contributed by atoms with Crippen molar-refractivity contribution in [3.63, 3.8) is 0 Å². The third kappa shape index (κ3) is 8.14. The first kappa shape index (κ1) is 31.4. The van der Waals surface area contributed by atoms with Crippen LogP contribution in [0.25, 0.3) is 0 Å². The number of pyridine rings is 1. The number of sulfonamides is 1. The number of H-pyrrole nitrogens is 1. The van der Waals surface area contributed by atoms with Gasteiger partial charge in [-0.15, -0.1) is 0 Å². The number of hydrogen-bond acceptors (Lipinski definition) is 6. The van der Waals surface area contributed by atoms with E-state index in [-0.39, 0.29) is 36.6 Å². The number of carbonyl (C=O) groups excluding carboxylic acids is 1. The molecule has 2 aliphatic rings. The second-order valence-electron chi connectivity index (χ2n) is 10.6. The number of nitrogens with zero attached hydrogens (tertiary/aromatic N) is 1. The highest BCUT2D eigenvalue weighted by molar-refractivity contribution is 7.88. The fourth-order valence-corrected chi connectivity index (χ4v) is 7.30. The van der Waals surface area contributed by atoms with E-state index in [2.05, 4.69) is 9.72 Å². The molecule has 2 atom stereocenters. The Kier molecular flexibility index (Phi) is 10.1. The molecule has 13 heteroatoms. The molecule has 0 amide bonds. The molecule has 1 aromatic heterocycles. The minimum atomic E-state index is -3.83. The van der Waals surface area contributed by atoms with E-state index in [0.717, 1.165) is 12.8 Å². The second-order valence-corrected chi connectivity index (χ2v) is 13.3. The van der Waals surface area contributed by atoms with Crippen LogP contribution in [0, 0.1) is 5.92 Å². The molecule has 3 aromatic rings. The van der Waals surface area contributed by atoms with E-state index in [1.165, 1.54) is 34.9 Å². The summed E-state index contributed by atoms with van der Waals surface area (Å²) in [6.45, 7) is -2.55. The monoisotopic (exact) mass is 655 g/mol. The van der Waals surface area contributed by atoms with Gasteiger partial charge in [-0.05, 0) is 54.9 Å². The normalized spacial score (nSPS) is 18.0. The number of aromatic nitrogens is 1. The number of hydrogen-bond donors (Lipinski definition) is 0. The van der Waals surface area contributed by atoms with Crippen LogP contribution in [-0.4, -0.2) is 44.5 Å². The molecule has 43 heavy (non-hydrogen) atoms. The first-order valence-electron chi connectivity index (χ1n) is 13.9. The zero-order valence-corrected chi connectivity index (χ0v) is 25.4. The lowest BCUT2D eigenvalue weighted by Gasteiger charge is -2.26. The molecule has 1 saturated heterocycles. The lowest BCUT2D eigenvalue weighted by molar-refractivity contribution is -0.377. The predicted molar refractivity (Wildman–Crippen MR) is 156 cm³/mol. The van der Waals surface area contributed by atoms with Gasteiger partial charge in [0.25, 0.3) is 0 Å². The van der Waals surface area contributed by atoms with Crippen molar-refractivity contribution in [2.75, 3.05) is 13.2 Å². The summed E-state index contributed by atoms with van der Waals surface area (Å²) in [6.07, 6.45) is 4.82. The molecule has 0 unspecified atom stereocenters. The van der Waals surface area contributed by atoms with Crippen molar-refractivity contribution in [2.45, 2.75) is 56.6 Å². The quantitative estimate of drug-likeness (QED) is 0.209. The van der Waals surface area contributed by atoms with Crippen LogP contribution in [-0.2, 0) is 31.7 Å². The summed E-state index contributed by atoms with van der Waals surface area (Å²) in [4.78, 5) is 16.5. The highest BCUT2D eigenvalue weighted by Gasteiger charge is 2.40. The Labute approximate surface area is 258 Å². The van der Waals surface area contributed by atoms with E-state index in [0.29, 0.717) is 45.7 Å². The van der Waals surface area contributed by atoms with Gasteiger partial charge in [0.2, 0.25) is 10.0 Å². The molecule has 230 valence electrons. The molecule has 1 saturated carbocycles. The molecule has 2 fully saturated rings. The van der Waals surface area contributed by atoms with Crippen molar-refractivity contribution >= 4 is 39.2 Å². The fraction of sp³-hybridized carbons (Fsp3) is 0.400. The van der Waals surface area contributed by atoms with Crippen LogP contribution in [0.3, 0.4) is 0 Å². The Balaban J connectivity index is 1.43. The summed E-state index contributed by atoms with van der Waals surface area (Å²) in [5.41, 5.74) is 1.50. The van der Waals surface area contributed by atoms with E-state index >= 15 is 0 Å². The van der Waals surface area contributed by atoms with Gasteiger partial charge in [-0.25, -0.2) is 13.4 Å². The lowest BCUT2D eigenvalue weighted by atomic mass is 10.0. The summed E-state index contributed by atoms with van der Waals surface area (Å²) in [5.74, 6) is -0.718. The number of benzene rings is 2. The second kappa shape index (κ2) is 13.8. The SMILES string of the molecule is O=C(O[C@@H](Cc1c(Cl)c[nH+]cc1Cl)c1ccc(OC(F)F)c(OCC2CC2)c1)[C@@H]1CCCN1S(=O)(=O)Cc1ccccc1. The Morgan fingerprint density at radius 1 is 1.02 bits per heavy atom. The van der Waals surface area contributed by atoms with Crippen molar-refractivity contribution in [3.8, 4) is 11.5 Å². The number of rotatable bonds is 13. The van der Waals surface area contributed by atoms with E-state index in [1.54, 1.807) is 30.3 Å². The summed E-state index contributed by atoms with van der Waals surface area (Å²) in [5, 5.41) is 0.591. The number of halogens is 4.